The highest BCUT2D eigenvalue weighted by molar-refractivity contribution is 7.47. The zero-order chi connectivity index (χ0) is 28.7. The molecule has 0 fully saturated rings. The highest BCUT2D eigenvalue weighted by Gasteiger charge is 2.27. The van der Waals surface area contributed by atoms with Crippen LogP contribution in [0.5, 0.6) is 0 Å². The lowest BCUT2D eigenvalue weighted by Gasteiger charge is -2.25. The van der Waals surface area contributed by atoms with Crippen LogP contribution < -0.4 is 5.32 Å². The maximum atomic E-state index is 12.4. The van der Waals surface area contributed by atoms with Gasteiger partial charge in [-0.15, -0.1) is 0 Å². The molecule has 0 aromatic carbocycles. The highest BCUT2D eigenvalue weighted by Crippen LogP contribution is 2.43. The summed E-state index contributed by atoms with van der Waals surface area (Å²) in [6.45, 7) is 4.55. The summed E-state index contributed by atoms with van der Waals surface area (Å²) in [5.41, 5.74) is 0. The summed E-state index contributed by atoms with van der Waals surface area (Å²) < 4.78 is 23.1. The number of likely N-dealkylation sites (N-methyl/N-ethyl adjacent to an activating group) is 1. The largest absolute Gasteiger partial charge is 0.472 e. The van der Waals surface area contributed by atoms with Gasteiger partial charge < -0.3 is 19.8 Å². The fourth-order valence-corrected chi connectivity index (χ4v) is 4.44. The van der Waals surface area contributed by atoms with E-state index in [9.17, 15) is 19.4 Å². The molecule has 8 nitrogen and oxygen atoms in total. The van der Waals surface area contributed by atoms with Crippen LogP contribution in [0.25, 0.3) is 0 Å². The Kier molecular flexibility index (Phi) is 22.1. The van der Waals surface area contributed by atoms with E-state index in [1.807, 2.05) is 27.2 Å². The Morgan fingerprint density at radius 3 is 2.11 bits per heavy atom. The number of carbonyl (C=O) groups excluding carboxylic acids is 1. The molecule has 0 aliphatic carbocycles. The topological polar surface area (TPSA) is 105 Å². The molecule has 0 saturated carbocycles. The van der Waals surface area contributed by atoms with Crippen molar-refractivity contribution < 1.29 is 32.9 Å². The zero-order valence-electron chi connectivity index (χ0n) is 24.9. The molecule has 0 saturated heterocycles. The number of nitrogens with one attached hydrogen (secondary N) is 1. The van der Waals surface area contributed by atoms with Crippen LogP contribution in [0.15, 0.2) is 24.3 Å². The van der Waals surface area contributed by atoms with Crippen LogP contribution >= 0.6 is 7.82 Å². The van der Waals surface area contributed by atoms with Crippen LogP contribution in [-0.4, -0.2) is 73.4 Å². The predicted molar refractivity (Wildman–Crippen MR) is 157 cm³/mol. The lowest BCUT2D eigenvalue weighted by atomic mass is 10.1. The molecule has 3 N–H and O–H groups in total. The second kappa shape index (κ2) is 22.8. The minimum atomic E-state index is -4.31. The van der Waals surface area contributed by atoms with Crippen LogP contribution in [-0.2, 0) is 18.4 Å². The van der Waals surface area contributed by atoms with Gasteiger partial charge >= 0.3 is 7.82 Å². The van der Waals surface area contributed by atoms with Gasteiger partial charge in [-0.25, -0.2) is 4.57 Å². The van der Waals surface area contributed by atoms with Crippen molar-refractivity contribution in [2.75, 3.05) is 40.9 Å². The molecule has 0 heterocycles. The van der Waals surface area contributed by atoms with E-state index in [1.165, 1.54) is 44.9 Å². The first-order valence-corrected chi connectivity index (χ1v) is 16.2. The molecule has 0 radical (unpaired) electrons. The third-order valence-corrected chi connectivity index (χ3v) is 7.16. The number of hydrogen-bond acceptors (Lipinski definition) is 5. The summed E-state index contributed by atoms with van der Waals surface area (Å²) >= 11 is 0. The molecule has 224 valence electrons. The van der Waals surface area contributed by atoms with E-state index < -0.39 is 20.0 Å². The number of phosphoric ester groups is 1. The summed E-state index contributed by atoms with van der Waals surface area (Å²) in [7, 11) is 1.54. The molecule has 0 spiro atoms. The first kappa shape index (κ1) is 37.0. The maximum absolute atomic E-state index is 12.4. The van der Waals surface area contributed by atoms with Gasteiger partial charge in [0.05, 0.1) is 39.9 Å². The van der Waals surface area contributed by atoms with E-state index in [1.54, 1.807) is 6.08 Å². The van der Waals surface area contributed by atoms with Gasteiger partial charge in [-0.3, -0.25) is 13.8 Å². The normalized spacial score (nSPS) is 15.7. The summed E-state index contributed by atoms with van der Waals surface area (Å²) in [6.07, 6.45) is 21.7. The van der Waals surface area contributed by atoms with Gasteiger partial charge in [0.15, 0.2) is 0 Å². The van der Waals surface area contributed by atoms with Gasteiger partial charge in [0.25, 0.3) is 0 Å². The van der Waals surface area contributed by atoms with Crippen molar-refractivity contribution in [3.63, 3.8) is 0 Å². The molecule has 9 heteroatoms. The minimum absolute atomic E-state index is 0.0558. The number of hydrogen-bond donors (Lipinski definition) is 3. The average Bonchev–Trinajstić information content (AvgIpc) is 2.83. The number of aliphatic hydroxyl groups excluding tert-OH is 1. The van der Waals surface area contributed by atoms with Crippen LogP contribution in [0.4, 0.5) is 0 Å². The number of carbonyl (C=O) groups is 1. The van der Waals surface area contributed by atoms with Gasteiger partial charge in [-0.05, 0) is 32.1 Å². The number of phosphoric acid groups is 1. The van der Waals surface area contributed by atoms with Crippen molar-refractivity contribution >= 4 is 13.7 Å². The molecule has 1 amide bonds. The summed E-state index contributed by atoms with van der Waals surface area (Å²) in [5, 5.41) is 13.4. The van der Waals surface area contributed by atoms with E-state index in [0.29, 0.717) is 17.4 Å². The Labute approximate surface area is 233 Å². The van der Waals surface area contributed by atoms with E-state index in [4.69, 9.17) is 9.05 Å². The fourth-order valence-electron chi connectivity index (χ4n) is 3.70. The minimum Gasteiger partial charge on any atom is -0.387 e. The molecule has 38 heavy (non-hydrogen) atoms. The highest BCUT2D eigenvalue weighted by atomic mass is 31.2. The van der Waals surface area contributed by atoms with E-state index in [2.05, 4.69) is 31.3 Å². The van der Waals surface area contributed by atoms with Crippen molar-refractivity contribution in [1.29, 1.82) is 0 Å². The average molecular weight is 562 g/mol. The third kappa shape index (κ3) is 24.1. The SMILES string of the molecule is CCCCCCCCC/C=C/CC/C=C/C(O)C(COP(=O)(O)OCC[N+](C)(C)C)NC(=O)CCCCC. The smallest absolute Gasteiger partial charge is 0.387 e. The number of allylic oxidation sites excluding steroid dienone is 3. The Hall–Kier alpha value is -1.02. The summed E-state index contributed by atoms with van der Waals surface area (Å²) in [6, 6.07) is -0.851. The van der Waals surface area contributed by atoms with Crippen molar-refractivity contribution in [3.8, 4) is 0 Å². The molecule has 3 unspecified atom stereocenters. The number of unbranched alkanes of at least 4 members (excludes halogenated alkanes) is 10. The van der Waals surface area contributed by atoms with Crippen LogP contribution in [0.2, 0.25) is 0 Å². The molecule has 3 atom stereocenters. The number of nitrogens with zero attached hydrogens (tertiary/aromatic N) is 1. The van der Waals surface area contributed by atoms with Crippen molar-refractivity contribution in [2.45, 2.75) is 116 Å². The number of aliphatic hydroxyl groups is 1. The van der Waals surface area contributed by atoms with Crippen LogP contribution in [0, 0.1) is 0 Å². The Morgan fingerprint density at radius 2 is 1.45 bits per heavy atom. The van der Waals surface area contributed by atoms with Gasteiger partial charge in [-0.1, -0.05) is 89.5 Å². The van der Waals surface area contributed by atoms with Gasteiger partial charge in [-0.2, -0.15) is 0 Å². The van der Waals surface area contributed by atoms with E-state index in [0.717, 1.165) is 38.5 Å². The van der Waals surface area contributed by atoms with Crippen molar-refractivity contribution in [2.24, 2.45) is 0 Å². The first-order valence-electron chi connectivity index (χ1n) is 14.7. The van der Waals surface area contributed by atoms with Crippen LogP contribution in [0.1, 0.15) is 104 Å². The fraction of sp³-hybridized carbons (Fsp3) is 0.828. The van der Waals surface area contributed by atoms with E-state index >= 15 is 0 Å². The van der Waals surface area contributed by atoms with Crippen molar-refractivity contribution in [1.82, 2.24) is 5.32 Å². The van der Waals surface area contributed by atoms with Gasteiger partial charge in [0, 0.05) is 6.42 Å². The van der Waals surface area contributed by atoms with Gasteiger partial charge in [0.2, 0.25) is 5.91 Å². The quantitative estimate of drug-likeness (QED) is 0.0524. The maximum Gasteiger partial charge on any atom is 0.472 e. The molecule has 0 aromatic heterocycles. The molecule has 0 aliphatic heterocycles. The molecule has 0 bridgehead atoms. The second-order valence-electron chi connectivity index (χ2n) is 11.1. The third-order valence-electron chi connectivity index (χ3n) is 6.17. The summed E-state index contributed by atoms with van der Waals surface area (Å²) in [5.74, 6) is -0.216. The Morgan fingerprint density at radius 1 is 0.868 bits per heavy atom. The molecular weight excluding hydrogens is 503 g/mol. The molecule has 0 aromatic rings. The van der Waals surface area contributed by atoms with E-state index in [-0.39, 0.29) is 19.1 Å². The summed E-state index contributed by atoms with van der Waals surface area (Å²) in [4.78, 5) is 22.4. The first-order chi connectivity index (χ1) is 18.0. The number of amides is 1. The monoisotopic (exact) mass is 561 g/mol. The lowest BCUT2D eigenvalue weighted by Crippen LogP contribution is -2.45. The Bertz CT molecular complexity index is 693. The number of rotatable bonds is 25. The number of quaternary nitrogens is 1. The second-order valence-corrected chi connectivity index (χ2v) is 12.6. The molecule has 0 rings (SSSR count). The van der Waals surface area contributed by atoms with Crippen LogP contribution in [0.3, 0.4) is 0 Å². The molecular formula is C29H58N2O6P+. The zero-order valence-corrected chi connectivity index (χ0v) is 25.8. The standard InChI is InChI=1S/C29H57N2O6P/c1-6-8-10-11-12-13-14-15-16-17-18-19-21-22-28(32)27(30-29(33)23-20-9-7-2)26-37-38(34,35)36-25-24-31(3,4)5/h16-17,21-22,27-28,32H,6-15,18-20,23-26H2,1-5H3,(H-,30,33,34,35)/p+1/b17-16+,22-21+. The van der Waals surface area contributed by atoms with Gasteiger partial charge in [0.1, 0.15) is 13.2 Å². The Balaban J connectivity index is 4.59. The lowest BCUT2D eigenvalue weighted by molar-refractivity contribution is -0.870. The van der Waals surface area contributed by atoms with Crippen molar-refractivity contribution in [3.05, 3.63) is 24.3 Å². The molecule has 0 aliphatic rings. The predicted octanol–water partition coefficient (Wildman–Crippen LogP) is 6.29.